The first-order valence-electron chi connectivity index (χ1n) is 7.34. The van der Waals surface area contributed by atoms with E-state index in [4.69, 9.17) is 5.84 Å². The molecule has 1 saturated heterocycles. The van der Waals surface area contributed by atoms with Crippen LogP contribution in [0.5, 0.6) is 0 Å². The molecule has 8 nitrogen and oxygen atoms in total. The second-order valence-electron chi connectivity index (χ2n) is 5.45. The maximum Gasteiger partial charge on any atom is 0.475 e. The zero-order chi connectivity index (χ0) is 16.1. The van der Waals surface area contributed by atoms with E-state index in [1.54, 1.807) is 24.1 Å². The van der Waals surface area contributed by atoms with Crippen LogP contribution in [0.15, 0.2) is 18.3 Å². The van der Waals surface area contributed by atoms with Crippen LogP contribution in [0.1, 0.15) is 25.3 Å². The smallest absolute Gasteiger partial charge is 0.426 e. The zero-order valence-electron chi connectivity index (χ0n) is 12.6. The predicted octanol–water partition coefficient (Wildman–Crippen LogP) is -1.15. The van der Waals surface area contributed by atoms with Crippen LogP contribution in [0, 0.1) is 0 Å². The number of aromatic nitrogens is 1. The van der Waals surface area contributed by atoms with Crippen LogP contribution >= 0.6 is 0 Å². The van der Waals surface area contributed by atoms with Crippen molar-refractivity contribution >= 4 is 18.8 Å². The van der Waals surface area contributed by atoms with Crippen molar-refractivity contribution in [1.29, 1.82) is 0 Å². The van der Waals surface area contributed by atoms with Gasteiger partial charge in [0.2, 0.25) is 5.91 Å². The van der Waals surface area contributed by atoms with Crippen LogP contribution in [-0.2, 0) is 11.3 Å². The van der Waals surface area contributed by atoms with E-state index in [9.17, 15) is 14.8 Å². The second kappa shape index (κ2) is 7.55. The third-order valence-corrected chi connectivity index (χ3v) is 3.88. The van der Waals surface area contributed by atoms with Gasteiger partial charge in [-0.1, -0.05) is 6.07 Å². The average molecular weight is 307 g/mol. The van der Waals surface area contributed by atoms with E-state index in [2.05, 4.69) is 15.7 Å². The Hall–Kier alpha value is -1.68. The number of rotatable bonds is 6. The molecule has 9 heteroatoms. The van der Waals surface area contributed by atoms with Crippen LogP contribution in [-0.4, -0.2) is 51.5 Å². The molecule has 0 saturated carbocycles. The lowest BCUT2D eigenvalue weighted by Gasteiger charge is -2.27. The minimum absolute atomic E-state index is 0.121. The Kier molecular flexibility index (Phi) is 5.73. The van der Waals surface area contributed by atoms with Gasteiger partial charge in [-0.2, -0.15) is 0 Å². The normalized spacial score (nSPS) is 19.1. The van der Waals surface area contributed by atoms with Gasteiger partial charge < -0.3 is 25.7 Å². The Morgan fingerprint density at radius 2 is 2.36 bits per heavy atom. The number of hydrogen-bond donors (Lipinski definition) is 5. The lowest BCUT2D eigenvalue weighted by atomic mass is 9.78. The maximum atomic E-state index is 12.4. The highest BCUT2D eigenvalue weighted by atomic mass is 16.4. The molecule has 1 aliphatic rings. The Balaban J connectivity index is 1.88. The molecule has 2 heterocycles. The van der Waals surface area contributed by atoms with E-state index >= 15 is 0 Å². The van der Waals surface area contributed by atoms with Crippen LogP contribution in [0.3, 0.4) is 0 Å². The molecule has 6 N–H and O–H groups in total. The van der Waals surface area contributed by atoms with Gasteiger partial charge in [-0.15, -0.1) is 0 Å². The fourth-order valence-corrected chi connectivity index (χ4v) is 2.60. The summed E-state index contributed by atoms with van der Waals surface area (Å²) in [4.78, 5) is 18.0. The minimum atomic E-state index is -1.49. The Morgan fingerprint density at radius 1 is 1.59 bits per heavy atom. The van der Waals surface area contributed by atoms with Gasteiger partial charge in [-0.25, -0.2) is 10.8 Å². The second-order valence-corrected chi connectivity index (χ2v) is 5.45. The van der Waals surface area contributed by atoms with Crippen LogP contribution < -0.4 is 16.6 Å². The van der Waals surface area contributed by atoms with Crippen molar-refractivity contribution in [2.45, 2.75) is 38.3 Å². The molecule has 1 fully saturated rings. The zero-order valence-corrected chi connectivity index (χ0v) is 12.6. The topological polar surface area (TPSA) is 124 Å². The summed E-state index contributed by atoms with van der Waals surface area (Å²) in [6, 6.07) is 3.21. The number of hydrazine groups is 1. The maximum absolute atomic E-state index is 12.4. The van der Waals surface area contributed by atoms with Gasteiger partial charge in [-0.05, 0) is 31.4 Å². The number of pyridine rings is 1. The summed E-state index contributed by atoms with van der Waals surface area (Å²) in [6.07, 6.45) is 3.08. The third-order valence-electron chi connectivity index (χ3n) is 3.88. The summed E-state index contributed by atoms with van der Waals surface area (Å²) in [5, 5.41) is 21.8. The molecule has 22 heavy (non-hydrogen) atoms. The van der Waals surface area contributed by atoms with E-state index in [-0.39, 0.29) is 5.91 Å². The molecule has 0 bridgehead atoms. The largest absolute Gasteiger partial charge is 0.475 e. The van der Waals surface area contributed by atoms with Gasteiger partial charge in [0.15, 0.2) is 0 Å². The molecule has 1 unspecified atom stereocenters. The van der Waals surface area contributed by atoms with Crippen molar-refractivity contribution in [3.05, 3.63) is 23.9 Å². The summed E-state index contributed by atoms with van der Waals surface area (Å²) >= 11 is 0. The van der Waals surface area contributed by atoms with Gasteiger partial charge in [-0.3, -0.25) is 4.79 Å². The van der Waals surface area contributed by atoms with Crippen LogP contribution in [0.2, 0.25) is 0 Å². The molecule has 0 aliphatic carbocycles. The molecule has 1 aromatic heterocycles. The number of nitrogens with one attached hydrogen (secondary N) is 2. The van der Waals surface area contributed by atoms with Crippen LogP contribution in [0.25, 0.3) is 0 Å². The number of hydrogen-bond acceptors (Lipinski definition) is 7. The molecular weight excluding hydrogens is 285 g/mol. The predicted molar refractivity (Wildman–Crippen MR) is 83.3 cm³/mol. The lowest BCUT2D eigenvalue weighted by molar-refractivity contribution is -0.133. The summed E-state index contributed by atoms with van der Waals surface area (Å²) in [5.41, 5.74) is 3.38. The van der Waals surface area contributed by atoms with E-state index < -0.39 is 19.1 Å². The van der Waals surface area contributed by atoms with Crippen molar-refractivity contribution in [3.8, 4) is 0 Å². The van der Waals surface area contributed by atoms with Gasteiger partial charge >= 0.3 is 7.12 Å². The highest BCUT2D eigenvalue weighted by Gasteiger charge is 2.38. The number of carbonyl (C=O) groups is 1. The van der Waals surface area contributed by atoms with Gasteiger partial charge in [0, 0.05) is 19.3 Å². The van der Waals surface area contributed by atoms with Crippen LogP contribution in [0.4, 0.5) is 5.82 Å². The Morgan fingerprint density at radius 3 is 2.95 bits per heavy atom. The number of nitrogens with two attached hydrogens (primary N) is 1. The number of amides is 1. The molecule has 1 amide bonds. The van der Waals surface area contributed by atoms with Gasteiger partial charge in [0.05, 0.1) is 12.0 Å². The average Bonchev–Trinajstić information content (AvgIpc) is 3.02. The minimum Gasteiger partial charge on any atom is -0.426 e. The van der Waals surface area contributed by atoms with Crippen molar-refractivity contribution in [2.24, 2.45) is 5.84 Å². The highest BCUT2D eigenvalue weighted by Crippen LogP contribution is 2.19. The van der Waals surface area contributed by atoms with E-state index in [0.29, 0.717) is 25.3 Å². The number of likely N-dealkylation sites (tertiary alicyclic amines) is 1. The molecular formula is C13H22BN5O3. The SMILES string of the molecule is CC(NCc1ccc(NN)nc1)C(=O)N1CCC[C@H]1B(O)O. The number of carbonyl (C=O) groups excluding carboxylic acids is 1. The first-order chi connectivity index (χ1) is 10.5. The lowest BCUT2D eigenvalue weighted by Crippen LogP contribution is -2.51. The fraction of sp³-hybridized carbons (Fsp3) is 0.538. The summed E-state index contributed by atoms with van der Waals surface area (Å²) in [6.45, 7) is 2.82. The Labute approximate surface area is 129 Å². The van der Waals surface area contributed by atoms with Crippen molar-refractivity contribution < 1.29 is 14.8 Å². The summed E-state index contributed by atoms with van der Waals surface area (Å²) in [5.74, 6) is 5.20. The first-order valence-corrected chi connectivity index (χ1v) is 7.34. The van der Waals surface area contributed by atoms with E-state index in [1.807, 2.05) is 6.07 Å². The Bertz CT molecular complexity index is 499. The van der Waals surface area contributed by atoms with E-state index in [0.717, 1.165) is 12.0 Å². The van der Waals surface area contributed by atoms with Gasteiger partial charge in [0.25, 0.3) is 0 Å². The summed E-state index contributed by atoms with van der Waals surface area (Å²) < 4.78 is 0. The van der Waals surface area contributed by atoms with Gasteiger partial charge in [0.1, 0.15) is 5.82 Å². The molecule has 0 aromatic carbocycles. The van der Waals surface area contributed by atoms with Crippen molar-refractivity contribution in [1.82, 2.24) is 15.2 Å². The number of nitrogens with zero attached hydrogens (tertiary/aromatic N) is 2. The molecule has 120 valence electrons. The van der Waals surface area contributed by atoms with E-state index in [1.165, 1.54) is 0 Å². The molecule has 1 aliphatic heterocycles. The molecule has 0 radical (unpaired) electrons. The highest BCUT2D eigenvalue weighted by molar-refractivity contribution is 6.43. The standard InChI is InChI=1S/C13H22BN5O3/c1-9(13(20)19-6-2-3-11(19)14(21)22)16-7-10-4-5-12(18-15)17-8-10/h4-5,8-9,11,16,21-22H,2-3,6-7,15H2,1H3,(H,17,18)/t9?,11-/m0/s1. The number of anilines is 1. The monoisotopic (exact) mass is 307 g/mol. The van der Waals surface area contributed by atoms with Crippen molar-refractivity contribution in [2.75, 3.05) is 12.0 Å². The number of nitrogen functional groups attached to an aromatic ring is 1. The fourth-order valence-electron chi connectivity index (χ4n) is 2.60. The summed E-state index contributed by atoms with van der Waals surface area (Å²) in [7, 11) is -1.49. The third kappa shape index (κ3) is 3.95. The molecule has 0 spiro atoms. The quantitative estimate of drug-likeness (QED) is 0.255. The molecule has 2 rings (SSSR count). The molecule has 2 atom stereocenters. The van der Waals surface area contributed by atoms with Crippen molar-refractivity contribution in [3.63, 3.8) is 0 Å². The molecule has 1 aromatic rings. The first kappa shape index (κ1) is 16.7.